The molecule has 3 N–H and O–H groups in total. The van der Waals surface area contributed by atoms with E-state index in [4.69, 9.17) is 4.74 Å². The van der Waals surface area contributed by atoms with Crippen LogP contribution in [0.15, 0.2) is 24.3 Å². The second-order valence-electron chi connectivity index (χ2n) is 8.17. The summed E-state index contributed by atoms with van der Waals surface area (Å²) in [5, 5.41) is 15.4. The Kier molecular flexibility index (Phi) is 5.44. The Morgan fingerprint density at radius 2 is 2.03 bits per heavy atom. The van der Waals surface area contributed by atoms with Crippen molar-refractivity contribution in [2.75, 3.05) is 26.1 Å². The van der Waals surface area contributed by atoms with E-state index >= 15 is 0 Å². The summed E-state index contributed by atoms with van der Waals surface area (Å²) < 4.78 is 4.50. The first-order valence-electron chi connectivity index (χ1n) is 10.1. The number of anilines is 1. The third kappa shape index (κ3) is 2.98. The first-order chi connectivity index (χ1) is 14.4. The van der Waals surface area contributed by atoms with E-state index in [9.17, 15) is 19.5 Å². The number of fused-ring (bicyclic) bond motifs is 1. The Morgan fingerprint density at radius 1 is 1.33 bits per heavy atom. The standard InChI is InChI=1S/C21H27N3O5S/c1-11(10-25)24-17(19(27)23-12-4-6-13(29-3)7-5-12)21-9-8-14(30-21)15(18(26)22-2)16(21)20(24)28/h4-7,11,14-17,25H,8-10H2,1-3H3,(H,22,26)(H,23,27)/t11-,14+,15-,16+,17?,21?/m1/s1. The fourth-order valence-corrected chi connectivity index (χ4v) is 7.51. The first-order valence-corrected chi connectivity index (χ1v) is 11.0. The van der Waals surface area contributed by atoms with E-state index in [2.05, 4.69) is 10.6 Å². The largest absolute Gasteiger partial charge is 0.497 e. The zero-order valence-corrected chi connectivity index (χ0v) is 18.1. The predicted molar refractivity (Wildman–Crippen MR) is 113 cm³/mol. The van der Waals surface area contributed by atoms with Gasteiger partial charge in [-0.15, -0.1) is 11.8 Å². The summed E-state index contributed by atoms with van der Waals surface area (Å²) in [7, 11) is 3.15. The van der Waals surface area contributed by atoms with Crippen molar-refractivity contribution >= 4 is 35.2 Å². The molecule has 3 amide bonds. The summed E-state index contributed by atoms with van der Waals surface area (Å²) in [5.74, 6) is -0.983. The highest BCUT2D eigenvalue weighted by Crippen LogP contribution is 2.66. The van der Waals surface area contributed by atoms with Gasteiger partial charge in [-0.1, -0.05) is 0 Å². The average Bonchev–Trinajstić information content (AvgIpc) is 3.40. The van der Waals surface area contributed by atoms with Crippen LogP contribution in [-0.4, -0.2) is 70.6 Å². The van der Waals surface area contributed by atoms with Crippen molar-refractivity contribution in [3.05, 3.63) is 24.3 Å². The van der Waals surface area contributed by atoms with Crippen LogP contribution in [0.3, 0.4) is 0 Å². The number of benzene rings is 1. The fourth-order valence-electron chi connectivity index (χ4n) is 5.30. The number of nitrogens with one attached hydrogen (secondary N) is 2. The normalized spacial score (nSPS) is 32.7. The number of hydrogen-bond acceptors (Lipinski definition) is 6. The van der Waals surface area contributed by atoms with E-state index in [0.717, 1.165) is 6.42 Å². The maximum atomic E-state index is 13.5. The number of carbonyl (C=O) groups excluding carboxylic acids is 3. The lowest BCUT2D eigenvalue weighted by Crippen LogP contribution is -2.54. The van der Waals surface area contributed by atoms with E-state index in [1.807, 2.05) is 0 Å². The molecule has 0 radical (unpaired) electrons. The Bertz CT molecular complexity index is 863. The van der Waals surface area contributed by atoms with E-state index in [1.54, 1.807) is 57.1 Å². The van der Waals surface area contributed by atoms with Crippen LogP contribution >= 0.6 is 11.8 Å². The van der Waals surface area contributed by atoms with E-state index in [0.29, 0.717) is 17.9 Å². The third-order valence-corrected chi connectivity index (χ3v) is 8.58. The molecular weight excluding hydrogens is 406 g/mol. The second-order valence-corrected chi connectivity index (χ2v) is 9.77. The molecule has 1 aromatic carbocycles. The lowest BCUT2D eigenvalue weighted by Gasteiger charge is -2.36. The molecule has 3 aliphatic heterocycles. The zero-order chi connectivity index (χ0) is 21.6. The quantitative estimate of drug-likeness (QED) is 0.614. The number of carbonyl (C=O) groups is 3. The summed E-state index contributed by atoms with van der Waals surface area (Å²) >= 11 is 1.60. The van der Waals surface area contributed by atoms with Crippen molar-refractivity contribution in [3.8, 4) is 5.75 Å². The Labute approximate surface area is 179 Å². The molecule has 6 atom stereocenters. The molecular formula is C21H27N3O5S. The number of thioether (sulfide) groups is 1. The number of aliphatic hydroxyl groups is 1. The van der Waals surface area contributed by atoms with Gasteiger partial charge in [-0.25, -0.2) is 0 Å². The topological polar surface area (TPSA) is 108 Å². The summed E-state index contributed by atoms with van der Waals surface area (Å²) in [6.07, 6.45) is 1.49. The van der Waals surface area contributed by atoms with Crippen LogP contribution < -0.4 is 15.4 Å². The molecule has 0 aliphatic carbocycles. The number of aliphatic hydroxyl groups excluding tert-OH is 1. The number of ether oxygens (including phenoxy) is 1. The highest BCUT2D eigenvalue weighted by atomic mass is 32.2. The maximum Gasteiger partial charge on any atom is 0.248 e. The van der Waals surface area contributed by atoms with Gasteiger partial charge in [-0.05, 0) is 44.0 Å². The number of amides is 3. The summed E-state index contributed by atoms with van der Waals surface area (Å²) in [5.41, 5.74) is 0.602. The SMILES string of the molecule is CNC(=O)[C@@H]1[C@@H]2CCC3(S2)C(C(=O)Nc2ccc(OC)cc2)N([C@H](C)CO)C(=O)[C@H]13. The Hall–Kier alpha value is -2.26. The minimum absolute atomic E-state index is 0.0294. The van der Waals surface area contributed by atoms with Crippen LogP contribution in [0.5, 0.6) is 5.75 Å². The van der Waals surface area contributed by atoms with Crippen molar-refractivity contribution in [2.24, 2.45) is 11.8 Å². The van der Waals surface area contributed by atoms with E-state index < -0.39 is 28.7 Å². The number of nitrogens with zero attached hydrogens (tertiary/aromatic N) is 1. The smallest absolute Gasteiger partial charge is 0.248 e. The highest BCUT2D eigenvalue weighted by molar-refractivity contribution is 8.02. The molecule has 2 bridgehead atoms. The minimum atomic E-state index is -0.746. The molecule has 1 aromatic rings. The van der Waals surface area contributed by atoms with Gasteiger partial charge >= 0.3 is 0 Å². The summed E-state index contributed by atoms with van der Waals surface area (Å²) in [6.45, 7) is 1.48. The molecule has 4 rings (SSSR count). The van der Waals surface area contributed by atoms with E-state index in [-0.39, 0.29) is 29.6 Å². The zero-order valence-electron chi connectivity index (χ0n) is 17.3. The Balaban J connectivity index is 1.69. The monoisotopic (exact) mass is 433 g/mol. The van der Waals surface area contributed by atoms with Crippen molar-refractivity contribution in [1.29, 1.82) is 0 Å². The van der Waals surface area contributed by atoms with Gasteiger partial charge in [-0.2, -0.15) is 0 Å². The molecule has 3 aliphatic rings. The molecule has 1 spiro atoms. The van der Waals surface area contributed by atoms with Crippen LogP contribution in [0.2, 0.25) is 0 Å². The second kappa shape index (κ2) is 7.77. The van der Waals surface area contributed by atoms with Gasteiger partial charge < -0.3 is 25.4 Å². The molecule has 9 heteroatoms. The third-order valence-electron chi connectivity index (χ3n) is 6.63. The molecule has 3 fully saturated rings. The molecule has 0 saturated carbocycles. The number of methoxy groups -OCH3 is 1. The van der Waals surface area contributed by atoms with Crippen molar-refractivity contribution in [3.63, 3.8) is 0 Å². The van der Waals surface area contributed by atoms with Gasteiger partial charge in [-0.3, -0.25) is 14.4 Å². The summed E-state index contributed by atoms with van der Waals surface area (Å²) in [6, 6.07) is 5.73. The number of hydrogen-bond donors (Lipinski definition) is 3. The van der Waals surface area contributed by atoms with Crippen LogP contribution in [0, 0.1) is 11.8 Å². The van der Waals surface area contributed by atoms with Gasteiger partial charge in [0.1, 0.15) is 11.8 Å². The molecule has 8 nitrogen and oxygen atoms in total. The lowest BCUT2D eigenvalue weighted by atomic mass is 9.71. The molecule has 3 heterocycles. The fraction of sp³-hybridized carbons (Fsp3) is 0.571. The molecule has 3 saturated heterocycles. The Morgan fingerprint density at radius 3 is 2.63 bits per heavy atom. The maximum absolute atomic E-state index is 13.5. The van der Waals surface area contributed by atoms with Gasteiger partial charge in [0.2, 0.25) is 17.7 Å². The van der Waals surface area contributed by atoms with Gasteiger partial charge in [0.15, 0.2) is 0 Å². The number of rotatable bonds is 6. The van der Waals surface area contributed by atoms with Gasteiger partial charge in [0.05, 0.1) is 36.3 Å². The van der Waals surface area contributed by atoms with Crippen LogP contribution in [0.25, 0.3) is 0 Å². The van der Waals surface area contributed by atoms with Gasteiger partial charge in [0.25, 0.3) is 0 Å². The molecule has 30 heavy (non-hydrogen) atoms. The number of likely N-dealkylation sites (tertiary alicyclic amines) is 1. The minimum Gasteiger partial charge on any atom is -0.497 e. The van der Waals surface area contributed by atoms with Crippen molar-refractivity contribution in [1.82, 2.24) is 10.2 Å². The highest BCUT2D eigenvalue weighted by Gasteiger charge is 2.73. The predicted octanol–water partition coefficient (Wildman–Crippen LogP) is 0.852. The van der Waals surface area contributed by atoms with Crippen molar-refractivity contribution in [2.45, 2.75) is 41.8 Å². The molecule has 162 valence electrons. The van der Waals surface area contributed by atoms with Crippen LogP contribution in [0.1, 0.15) is 19.8 Å². The molecule has 0 aromatic heterocycles. The lowest BCUT2D eigenvalue weighted by molar-refractivity contribution is -0.141. The molecule has 2 unspecified atom stereocenters. The van der Waals surface area contributed by atoms with Crippen LogP contribution in [0.4, 0.5) is 5.69 Å². The van der Waals surface area contributed by atoms with E-state index in [1.165, 1.54) is 4.90 Å². The summed E-state index contributed by atoms with van der Waals surface area (Å²) in [4.78, 5) is 41.1. The van der Waals surface area contributed by atoms with Crippen molar-refractivity contribution < 1.29 is 24.2 Å². The van der Waals surface area contributed by atoms with Crippen LogP contribution in [-0.2, 0) is 14.4 Å². The average molecular weight is 434 g/mol. The first kappa shape index (κ1) is 21.0. The van der Waals surface area contributed by atoms with Gasteiger partial charge in [0, 0.05) is 18.0 Å².